The molecule has 0 aliphatic rings. The topological polar surface area (TPSA) is 50.1 Å². The number of ether oxygens (including phenoxy) is 1. The number of alkyl halides is 1. The van der Waals surface area contributed by atoms with Crippen molar-refractivity contribution in [3.8, 4) is 6.07 Å². The Morgan fingerprint density at radius 3 is 2.91 bits per heavy atom. The first kappa shape index (κ1) is 9.89. The third-order valence-corrected chi connectivity index (χ3v) is 1.05. The summed E-state index contributed by atoms with van der Waals surface area (Å²) in [6, 6.07) is 1.75. The molecule has 0 heterocycles. The monoisotopic (exact) mass is 159 g/mol. The van der Waals surface area contributed by atoms with Gasteiger partial charge in [0.15, 0.2) is 6.17 Å². The average molecular weight is 159 g/mol. The lowest BCUT2D eigenvalue weighted by molar-refractivity contribution is -0.149. The Morgan fingerprint density at radius 1 is 1.82 bits per heavy atom. The molecule has 0 saturated carbocycles. The Bertz CT molecular complexity index is 164. The van der Waals surface area contributed by atoms with E-state index < -0.39 is 12.1 Å². The fourth-order valence-corrected chi connectivity index (χ4v) is 0.542. The lowest BCUT2D eigenvalue weighted by Gasteiger charge is -2.03. The second-order valence-corrected chi connectivity index (χ2v) is 1.92. The standard InChI is InChI=1S/C7H10FNO2/c1-2-11-7(10)6(8)4-3-5-9/h6H,2-4H2,1H3. The number of rotatable bonds is 4. The Balaban J connectivity index is 3.57. The van der Waals surface area contributed by atoms with Gasteiger partial charge in [-0.15, -0.1) is 0 Å². The van der Waals surface area contributed by atoms with Crippen molar-refractivity contribution in [2.45, 2.75) is 25.9 Å². The van der Waals surface area contributed by atoms with Crippen LogP contribution in [0.2, 0.25) is 0 Å². The molecule has 11 heavy (non-hydrogen) atoms. The van der Waals surface area contributed by atoms with Crippen LogP contribution in [0.5, 0.6) is 0 Å². The minimum Gasteiger partial charge on any atom is -0.464 e. The van der Waals surface area contributed by atoms with Gasteiger partial charge in [0.2, 0.25) is 0 Å². The van der Waals surface area contributed by atoms with Crippen LogP contribution >= 0.6 is 0 Å². The normalized spacial score (nSPS) is 11.7. The van der Waals surface area contributed by atoms with Crippen molar-refractivity contribution in [3.63, 3.8) is 0 Å². The van der Waals surface area contributed by atoms with E-state index in [1.54, 1.807) is 13.0 Å². The molecule has 0 bridgehead atoms. The second kappa shape index (κ2) is 5.66. The molecule has 3 nitrogen and oxygen atoms in total. The number of nitriles is 1. The minimum atomic E-state index is -1.64. The highest BCUT2D eigenvalue weighted by Gasteiger charge is 2.17. The Kier molecular flexibility index (Phi) is 5.09. The van der Waals surface area contributed by atoms with Crippen LogP contribution in [0.25, 0.3) is 0 Å². The molecule has 0 fully saturated rings. The number of carbonyl (C=O) groups excluding carboxylic acids is 1. The summed E-state index contributed by atoms with van der Waals surface area (Å²) in [6.07, 6.45) is -1.68. The highest BCUT2D eigenvalue weighted by Crippen LogP contribution is 2.03. The predicted molar refractivity (Wildman–Crippen MR) is 36.4 cm³/mol. The van der Waals surface area contributed by atoms with Crippen LogP contribution in [-0.4, -0.2) is 18.7 Å². The molecule has 0 N–H and O–H groups in total. The van der Waals surface area contributed by atoms with Gasteiger partial charge >= 0.3 is 5.97 Å². The Morgan fingerprint density at radius 2 is 2.45 bits per heavy atom. The van der Waals surface area contributed by atoms with Gasteiger partial charge in [0.25, 0.3) is 0 Å². The average Bonchev–Trinajstić information content (AvgIpc) is 2.00. The van der Waals surface area contributed by atoms with Gasteiger partial charge in [-0.2, -0.15) is 5.26 Å². The predicted octanol–water partition coefficient (Wildman–Crippen LogP) is 1.19. The second-order valence-electron chi connectivity index (χ2n) is 1.92. The minimum absolute atomic E-state index is 0.0416. The van der Waals surface area contributed by atoms with Crippen LogP contribution in [0.4, 0.5) is 4.39 Å². The summed E-state index contributed by atoms with van der Waals surface area (Å²) in [4.78, 5) is 10.5. The molecule has 0 rings (SSSR count). The molecule has 0 spiro atoms. The molecule has 0 aliphatic carbocycles. The molecule has 0 radical (unpaired) electrons. The number of carbonyl (C=O) groups is 1. The largest absolute Gasteiger partial charge is 0.464 e. The highest BCUT2D eigenvalue weighted by molar-refractivity contribution is 5.74. The van der Waals surface area contributed by atoms with Gasteiger partial charge in [-0.25, -0.2) is 9.18 Å². The summed E-state index contributed by atoms with van der Waals surface area (Å²) in [5, 5.41) is 8.06. The van der Waals surface area contributed by atoms with Crippen molar-refractivity contribution in [1.29, 1.82) is 5.26 Å². The molecular weight excluding hydrogens is 149 g/mol. The zero-order chi connectivity index (χ0) is 8.69. The van der Waals surface area contributed by atoms with Gasteiger partial charge in [0, 0.05) is 12.8 Å². The summed E-state index contributed by atoms with van der Waals surface area (Å²) in [5.74, 6) is -0.872. The zero-order valence-electron chi connectivity index (χ0n) is 6.34. The Labute approximate surface area is 64.8 Å². The van der Waals surface area contributed by atoms with Gasteiger partial charge in [-0.1, -0.05) is 0 Å². The van der Waals surface area contributed by atoms with Crippen LogP contribution in [0.1, 0.15) is 19.8 Å². The van der Waals surface area contributed by atoms with Crippen LogP contribution in [0.15, 0.2) is 0 Å². The van der Waals surface area contributed by atoms with Gasteiger partial charge in [-0.3, -0.25) is 0 Å². The fourth-order valence-electron chi connectivity index (χ4n) is 0.542. The molecule has 0 aromatic carbocycles. The van der Waals surface area contributed by atoms with Crippen LogP contribution < -0.4 is 0 Å². The van der Waals surface area contributed by atoms with E-state index in [2.05, 4.69) is 4.74 Å². The van der Waals surface area contributed by atoms with Gasteiger partial charge in [-0.05, 0) is 6.92 Å². The van der Waals surface area contributed by atoms with E-state index in [0.29, 0.717) is 0 Å². The summed E-state index contributed by atoms with van der Waals surface area (Å²) in [7, 11) is 0. The molecular formula is C7H10FNO2. The van der Waals surface area contributed by atoms with Crippen LogP contribution in [0.3, 0.4) is 0 Å². The van der Waals surface area contributed by atoms with E-state index in [1.165, 1.54) is 0 Å². The summed E-state index contributed by atoms with van der Waals surface area (Å²) in [5.41, 5.74) is 0. The first-order chi connectivity index (χ1) is 5.22. The van der Waals surface area contributed by atoms with Crippen molar-refractivity contribution in [2.75, 3.05) is 6.61 Å². The van der Waals surface area contributed by atoms with Crippen molar-refractivity contribution in [2.24, 2.45) is 0 Å². The number of nitrogens with zero attached hydrogens (tertiary/aromatic N) is 1. The first-order valence-corrected chi connectivity index (χ1v) is 3.40. The number of hydrogen-bond acceptors (Lipinski definition) is 3. The van der Waals surface area contributed by atoms with E-state index in [9.17, 15) is 9.18 Å². The summed E-state index contributed by atoms with van der Waals surface area (Å²) >= 11 is 0. The number of halogens is 1. The van der Waals surface area contributed by atoms with Gasteiger partial charge in [0.1, 0.15) is 0 Å². The SMILES string of the molecule is CCOC(=O)C(F)CCC#N. The van der Waals surface area contributed by atoms with Gasteiger partial charge < -0.3 is 4.74 Å². The molecule has 0 aromatic rings. The fraction of sp³-hybridized carbons (Fsp3) is 0.714. The third-order valence-electron chi connectivity index (χ3n) is 1.05. The van der Waals surface area contributed by atoms with E-state index in [-0.39, 0.29) is 19.4 Å². The lowest BCUT2D eigenvalue weighted by atomic mass is 10.2. The number of hydrogen-bond donors (Lipinski definition) is 0. The maximum Gasteiger partial charge on any atom is 0.340 e. The van der Waals surface area contributed by atoms with E-state index in [0.717, 1.165) is 0 Å². The summed E-state index contributed by atoms with van der Waals surface area (Å²) in [6.45, 7) is 1.78. The maximum absolute atomic E-state index is 12.5. The van der Waals surface area contributed by atoms with Crippen LogP contribution in [0, 0.1) is 11.3 Å². The van der Waals surface area contributed by atoms with Crippen molar-refractivity contribution < 1.29 is 13.9 Å². The Hall–Kier alpha value is -1.11. The molecule has 0 saturated heterocycles. The van der Waals surface area contributed by atoms with Gasteiger partial charge in [0.05, 0.1) is 12.7 Å². The molecule has 4 heteroatoms. The quantitative estimate of drug-likeness (QED) is 0.579. The summed E-state index contributed by atoms with van der Waals surface area (Å²) < 4.78 is 16.9. The van der Waals surface area contributed by atoms with E-state index in [1.807, 2.05) is 0 Å². The first-order valence-electron chi connectivity index (χ1n) is 3.40. The van der Waals surface area contributed by atoms with E-state index >= 15 is 0 Å². The highest BCUT2D eigenvalue weighted by atomic mass is 19.1. The van der Waals surface area contributed by atoms with Crippen molar-refractivity contribution in [3.05, 3.63) is 0 Å². The third kappa shape index (κ3) is 4.31. The number of esters is 1. The van der Waals surface area contributed by atoms with Crippen LogP contribution in [-0.2, 0) is 9.53 Å². The maximum atomic E-state index is 12.5. The molecule has 0 aromatic heterocycles. The van der Waals surface area contributed by atoms with Crippen molar-refractivity contribution >= 4 is 5.97 Å². The molecule has 62 valence electrons. The molecule has 1 atom stereocenters. The van der Waals surface area contributed by atoms with Crippen molar-refractivity contribution in [1.82, 2.24) is 0 Å². The molecule has 1 unspecified atom stereocenters. The lowest BCUT2D eigenvalue weighted by Crippen LogP contribution is -2.18. The molecule has 0 amide bonds. The van der Waals surface area contributed by atoms with E-state index in [4.69, 9.17) is 5.26 Å². The zero-order valence-corrected chi connectivity index (χ0v) is 6.34. The smallest absolute Gasteiger partial charge is 0.340 e. The molecule has 0 aliphatic heterocycles.